The van der Waals surface area contributed by atoms with Crippen LogP contribution in [0.4, 0.5) is 0 Å². The largest absolute Gasteiger partial charge is 0.394 e. The summed E-state index contributed by atoms with van der Waals surface area (Å²) in [6, 6.07) is -4.55. The third-order valence-electron chi connectivity index (χ3n) is 2.70. The molecule has 0 bridgehead atoms. The van der Waals surface area contributed by atoms with Crippen molar-refractivity contribution in [3.63, 3.8) is 0 Å². The number of thiol groups is 1. The molecule has 0 aliphatic carbocycles. The average molecular weight is 349 g/mol. The number of hydrogen-bond donors (Lipinski definition) is 7. The standard InChI is InChI=1S/C12H21N4O6S/c1-6(2-17)14-12(22)9(5-23)16-11(21)8(4-19)15-10(20)7(13)3-18/h6-9,18-19,23H,3-5,13H2,1H3,(H,14,22)(H,15,20)(H,16,21)/t6-,7+,8+,9+/m1/s1. The van der Waals surface area contributed by atoms with Gasteiger partial charge in [0, 0.05) is 5.75 Å². The van der Waals surface area contributed by atoms with E-state index < -0.39 is 55.1 Å². The van der Waals surface area contributed by atoms with Crippen molar-refractivity contribution in [3.05, 3.63) is 0 Å². The monoisotopic (exact) mass is 349 g/mol. The Morgan fingerprint density at radius 2 is 1.57 bits per heavy atom. The number of amides is 3. The highest BCUT2D eigenvalue weighted by molar-refractivity contribution is 7.80. The van der Waals surface area contributed by atoms with Gasteiger partial charge in [-0.05, 0) is 6.92 Å². The van der Waals surface area contributed by atoms with E-state index in [-0.39, 0.29) is 5.75 Å². The molecule has 0 unspecified atom stereocenters. The first-order valence-electron chi connectivity index (χ1n) is 6.67. The minimum absolute atomic E-state index is 0.0780. The first-order chi connectivity index (χ1) is 10.8. The van der Waals surface area contributed by atoms with Crippen LogP contribution >= 0.6 is 12.6 Å². The van der Waals surface area contributed by atoms with Crippen molar-refractivity contribution in [1.82, 2.24) is 16.0 Å². The number of hydrogen-bond acceptors (Lipinski definition) is 8. The summed E-state index contributed by atoms with van der Waals surface area (Å²) in [5, 5.41) is 24.6. The first kappa shape index (κ1) is 21.3. The third-order valence-corrected chi connectivity index (χ3v) is 3.07. The molecule has 23 heavy (non-hydrogen) atoms. The summed E-state index contributed by atoms with van der Waals surface area (Å²) in [4.78, 5) is 45.7. The maximum absolute atomic E-state index is 12.0. The molecule has 4 atom stereocenters. The lowest BCUT2D eigenvalue weighted by atomic mass is 10.2. The molecule has 3 amide bonds. The number of carbonyl (C=O) groups excluding carboxylic acids is 4. The summed E-state index contributed by atoms with van der Waals surface area (Å²) in [6.45, 7) is 0.0256. The maximum Gasteiger partial charge on any atom is 0.245 e. The van der Waals surface area contributed by atoms with Crippen molar-refractivity contribution in [2.24, 2.45) is 5.73 Å². The highest BCUT2D eigenvalue weighted by atomic mass is 32.1. The number of rotatable bonds is 10. The molecule has 0 fully saturated rings. The van der Waals surface area contributed by atoms with E-state index in [1.54, 1.807) is 6.29 Å². The molecule has 0 heterocycles. The average Bonchev–Trinajstić information content (AvgIpc) is 2.55. The summed E-state index contributed by atoms with van der Waals surface area (Å²) in [6.07, 6.45) is 1.55. The lowest BCUT2D eigenvalue weighted by molar-refractivity contribution is -0.133. The van der Waals surface area contributed by atoms with Crippen molar-refractivity contribution >= 4 is 36.6 Å². The van der Waals surface area contributed by atoms with E-state index in [4.69, 9.17) is 15.9 Å². The van der Waals surface area contributed by atoms with Gasteiger partial charge in [-0.15, -0.1) is 0 Å². The zero-order chi connectivity index (χ0) is 18.0. The lowest BCUT2D eigenvalue weighted by Gasteiger charge is -2.22. The fourth-order valence-electron chi connectivity index (χ4n) is 1.37. The van der Waals surface area contributed by atoms with Gasteiger partial charge in [-0.3, -0.25) is 19.2 Å². The third kappa shape index (κ3) is 7.41. The van der Waals surface area contributed by atoms with Gasteiger partial charge in [0.15, 0.2) is 0 Å². The number of carbonyl (C=O) groups is 3. The van der Waals surface area contributed by atoms with Crippen molar-refractivity contribution in [2.45, 2.75) is 31.1 Å². The molecule has 0 aliphatic heterocycles. The molecule has 10 nitrogen and oxygen atoms in total. The van der Waals surface area contributed by atoms with E-state index >= 15 is 0 Å². The minimum atomic E-state index is -1.36. The molecule has 1 radical (unpaired) electrons. The SMILES string of the molecule is C[C@H]([C]=O)NC(=O)[C@H](CS)NC(=O)[C@H](CO)NC(=O)[C@@H](N)CO. The molecule has 0 saturated heterocycles. The van der Waals surface area contributed by atoms with Gasteiger partial charge in [-0.1, -0.05) is 0 Å². The van der Waals surface area contributed by atoms with Crippen molar-refractivity contribution < 1.29 is 29.4 Å². The van der Waals surface area contributed by atoms with E-state index in [0.29, 0.717) is 0 Å². The minimum Gasteiger partial charge on any atom is -0.394 e. The van der Waals surface area contributed by atoms with Crippen LogP contribution in [0.3, 0.4) is 0 Å². The van der Waals surface area contributed by atoms with E-state index in [1.807, 2.05) is 0 Å². The Morgan fingerprint density at radius 3 is 2.00 bits per heavy atom. The summed E-state index contributed by atoms with van der Waals surface area (Å²) in [5.41, 5.74) is 5.28. The zero-order valence-electron chi connectivity index (χ0n) is 12.5. The molecular formula is C12H21N4O6S. The van der Waals surface area contributed by atoms with Gasteiger partial charge in [0.1, 0.15) is 18.1 Å². The molecular weight excluding hydrogens is 328 g/mol. The second-order valence-corrected chi connectivity index (χ2v) is 4.99. The van der Waals surface area contributed by atoms with Crippen LogP contribution in [-0.2, 0) is 19.2 Å². The summed E-state index contributed by atoms with van der Waals surface area (Å²) >= 11 is 3.92. The molecule has 131 valence electrons. The Hall–Kier alpha value is -1.69. The van der Waals surface area contributed by atoms with Crippen molar-refractivity contribution in [2.75, 3.05) is 19.0 Å². The molecule has 0 spiro atoms. The quantitative estimate of drug-likeness (QED) is 0.196. The van der Waals surface area contributed by atoms with Gasteiger partial charge in [-0.25, -0.2) is 0 Å². The molecule has 0 rings (SSSR count). The Kier molecular flexibility index (Phi) is 10.1. The van der Waals surface area contributed by atoms with E-state index in [2.05, 4.69) is 28.6 Å². The zero-order valence-corrected chi connectivity index (χ0v) is 13.4. The fraction of sp³-hybridized carbons (Fsp3) is 0.667. The molecule has 0 saturated carbocycles. The van der Waals surface area contributed by atoms with Crippen LogP contribution in [0.5, 0.6) is 0 Å². The normalized spacial score (nSPS) is 15.7. The molecule has 0 aromatic carbocycles. The Morgan fingerprint density at radius 1 is 1.04 bits per heavy atom. The Bertz CT molecular complexity index is 436. The van der Waals surface area contributed by atoms with Crippen LogP contribution in [0, 0.1) is 0 Å². The molecule has 11 heteroatoms. The molecule has 7 N–H and O–H groups in total. The van der Waals surface area contributed by atoms with Crippen LogP contribution in [0.1, 0.15) is 6.92 Å². The number of aliphatic hydroxyl groups excluding tert-OH is 2. The van der Waals surface area contributed by atoms with Crippen LogP contribution in [0.25, 0.3) is 0 Å². The molecule has 0 aliphatic rings. The van der Waals surface area contributed by atoms with Gasteiger partial charge in [0.05, 0.1) is 19.3 Å². The highest BCUT2D eigenvalue weighted by Gasteiger charge is 2.27. The molecule has 0 aromatic rings. The van der Waals surface area contributed by atoms with E-state index in [1.165, 1.54) is 6.92 Å². The van der Waals surface area contributed by atoms with E-state index in [0.717, 1.165) is 0 Å². The summed E-state index contributed by atoms with van der Waals surface area (Å²) in [5.74, 6) is -2.43. The van der Waals surface area contributed by atoms with Crippen molar-refractivity contribution in [3.8, 4) is 0 Å². The second kappa shape index (κ2) is 10.9. The topological polar surface area (TPSA) is 171 Å². The fourth-order valence-corrected chi connectivity index (χ4v) is 1.62. The van der Waals surface area contributed by atoms with E-state index in [9.17, 15) is 19.2 Å². The predicted octanol–water partition coefficient (Wildman–Crippen LogP) is -4.19. The smallest absolute Gasteiger partial charge is 0.245 e. The second-order valence-electron chi connectivity index (χ2n) is 4.62. The summed E-state index contributed by atoms with van der Waals surface area (Å²) < 4.78 is 0. The number of nitrogens with two attached hydrogens (primary N) is 1. The van der Waals surface area contributed by atoms with Gasteiger partial charge < -0.3 is 31.9 Å². The van der Waals surface area contributed by atoms with Gasteiger partial charge in [0.25, 0.3) is 0 Å². The molecule has 0 aromatic heterocycles. The Balaban J connectivity index is 4.74. The van der Waals surface area contributed by atoms with Crippen LogP contribution in [0.15, 0.2) is 0 Å². The van der Waals surface area contributed by atoms with Crippen LogP contribution in [-0.4, -0.2) is 77.4 Å². The van der Waals surface area contributed by atoms with Gasteiger partial charge >= 0.3 is 0 Å². The highest BCUT2D eigenvalue weighted by Crippen LogP contribution is 1.94. The van der Waals surface area contributed by atoms with Crippen LogP contribution < -0.4 is 21.7 Å². The maximum atomic E-state index is 12.0. The Labute approximate surface area is 138 Å². The predicted molar refractivity (Wildman–Crippen MR) is 83.2 cm³/mol. The lowest BCUT2D eigenvalue weighted by Crippen LogP contribution is -2.58. The number of aliphatic hydroxyl groups is 2. The number of nitrogens with one attached hydrogen (secondary N) is 3. The van der Waals surface area contributed by atoms with Gasteiger partial charge in [0.2, 0.25) is 24.0 Å². The van der Waals surface area contributed by atoms with Crippen molar-refractivity contribution in [1.29, 1.82) is 0 Å². The van der Waals surface area contributed by atoms with Crippen LogP contribution in [0.2, 0.25) is 0 Å². The first-order valence-corrected chi connectivity index (χ1v) is 7.30. The van der Waals surface area contributed by atoms with Gasteiger partial charge in [-0.2, -0.15) is 12.6 Å². The summed E-state index contributed by atoms with van der Waals surface area (Å²) in [7, 11) is 0.